The van der Waals surface area contributed by atoms with Gasteiger partial charge in [-0.2, -0.15) is 0 Å². The largest absolute Gasteiger partial charge is 0.292 e. The minimum Gasteiger partial charge on any atom is -0.292 e. The molecule has 0 saturated heterocycles. The molecule has 80 valence electrons. The first-order chi connectivity index (χ1) is 7.29. The van der Waals surface area contributed by atoms with Gasteiger partial charge in [0, 0.05) is 7.05 Å². The lowest BCUT2D eigenvalue weighted by Gasteiger charge is -2.05. The van der Waals surface area contributed by atoms with Crippen LogP contribution >= 0.6 is 0 Å². The van der Waals surface area contributed by atoms with Crippen molar-refractivity contribution in [1.82, 2.24) is 10.9 Å². The van der Waals surface area contributed by atoms with E-state index >= 15 is 0 Å². The van der Waals surface area contributed by atoms with Gasteiger partial charge in [0.2, 0.25) is 5.91 Å². The van der Waals surface area contributed by atoms with E-state index in [1.54, 1.807) is 7.05 Å². The van der Waals surface area contributed by atoms with Crippen molar-refractivity contribution in [1.29, 1.82) is 0 Å². The number of hydrogen-bond acceptors (Lipinski definition) is 2. The predicted molar refractivity (Wildman–Crippen MR) is 59.4 cm³/mol. The van der Waals surface area contributed by atoms with Crippen LogP contribution in [0.4, 0.5) is 0 Å². The number of carbonyl (C=O) groups is 1. The fourth-order valence-electron chi connectivity index (χ4n) is 2.10. The zero-order valence-corrected chi connectivity index (χ0v) is 8.97. The van der Waals surface area contributed by atoms with Crippen LogP contribution in [0.2, 0.25) is 0 Å². The Bertz CT molecular complexity index is 374. The molecule has 1 aromatic rings. The first kappa shape index (κ1) is 10.2. The molecule has 0 fully saturated rings. The number of amides is 1. The smallest absolute Gasteiger partial charge is 0.238 e. The van der Waals surface area contributed by atoms with Crippen molar-refractivity contribution in [2.24, 2.45) is 0 Å². The number of aryl methyl sites for hydroxylation is 2. The Morgan fingerprint density at radius 2 is 2.13 bits per heavy atom. The molecular formula is C12H16N2O. The van der Waals surface area contributed by atoms with E-state index in [0.717, 1.165) is 12.0 Å². The zero-order valence-electron chi connectivity index (χ0n) is 8.97. The van der Waals surface area contributed by atoms with Gasteiger partial charge in [-0.15, -0.1) is 0 Å². The summed E-state index contributed by atoms with van der Waals surface area (Å²) in [7, 11) is 1.70. The minimum absolute atomic E-state index is 0.00967. The molecule has 0 atom stereocenters. The van der Waals surface area contributed by atoms with Crippen LogP contribution in [0.5, 0.6) is 0 Å². The number of nitrogens with one attached hydrogen (secondary N) is 2. The molecule has 1 aromatic carbocycles. The SMILES string of the molecule is CNNC(=O)Cc1ccc2c(c1)CCC2. The summed E-state index contributed by atoms with van der Waals surface area (Å²) in [6.45, 7) is 0. The number of carbonyl (C=O) groups excluding carboxylic acids is 1. The molecule has 0 aliphatic heterocycles. The normalized spacial score (nSPS) is 13.7. The second-order valence-corrected chi connectivity index (χ2v) is 3.93. The Morgan fingerprint density at radius 3 is 2.93 bits per heavy atom. The van der Waals surface area contributed by atoms with Crippen LogP contribution in [0, 0.1) is 0 Å². The highest BCUT2D eigenvalue weighted by atomic mass is 16.2. The fourth-order valence-corrected chi connectivity index (χ4v) is 2.10. The highest BCUT2D eigenvalue weighted by Crippen LogP contribution is 2.22. The van der Waals surface area contributed by atoms with Gasteiger partial charge in [0.25, 0.3) is 0 Å². The van der Waals surface area contributed by atoms with Gasteiger partial charge in [-0.05, 0) is 36.0 Å². The molecule has 1 amide bonds. The molecule has 0 radical (unpaired) electrons. The van der Waals surface area contributed by atoms with E-state index in [0.29, 0.717) is 6.42 Å². The summed E-state index contributed by atoms with van der Waals surface area (Å²) >= 11 is 0. The summed E-state index contributed by atoms with van der Waals surface area (Å²) in [6, 6.07) is 6.38. The Morgan fingerprint density at radius 1 is 1.33 bits per heavy atom. The maximum absolute atomic E-state index is 11.3. The molecule has 15 heavy (non-hydrogen) atoms. The third-order valence-electron chi connectivity index (χ3n) is 2.79. The van der Waals surface area contributed by atoms with E-state index in [1.165, 1.54) is 24.0 Å². The molecule has 3 nitrogen and oxygen atoms in total. The Balaban J connectivity index is 2.06. The van der Waals surface area contributed by atoms with E-state index in [2.05, 4.69) is 29.1 Å². The van der Waals surface area contributed by atoms with Crippen LogP contribution in [-0.2, 0) is 24.1 Å². The summed E-state index contributed by atoms with van der Waals surface area (Å²) in [5.74, 6) is 0.00967. The first-order valence-electron chi connectivity index (χ1n) is 5.36. The van der Waals surface area contributed by atoms with Gasteiger partial charge in [-0.25, -0.2) is 5.43 Å². The number of benzene rings is 1. The maximum atomic E-state index is 11.3. The van der Waals surface area contributed by atoms with Crippen LogP contribution < -0.4 is 10.9 Å². The van der Waals surface area contributed by atoms with Crippen LogP contribution in [0.15, 0.2) is 18.2 Å². The van der Waals surface area contributed by atoms with Crippen LogP contribution in [0.1, 0.15) is 23.1 Å². The molecule has 1 aliphatic rings. The molecule has 2 N–H and O–H groups in total. The summed E-state index contributed by atoms with van der Waals surface area (Å²) in [4.78, 5) is 11.3. The summed E-state index contributed by atoms with van der Waals surface area (Å²) in [6.07, 6.45) is 4.06. The van der Waals surface area contributed by atoms with Crippen LogP contribution in [0.25, 0.3) is 0 Å². The van der Waals surface area contributed by atoms with Gasteiger partial charge < -0.3 is 0 Å². The highest BCUT2D eigenvalue weighted by molar-refractivity contribution is 5.78. The van der Waals surface area contributed by atoms with Gasteiger partial charge in [-0.3, -0.25) is 10.2 Å². The van der Waals surface area contributed by atoms with Crippen molar-refractivity contribution < 1.29 is 4.79 Å². The molecule has 0 bridgehead atoms. The van der Waals surface area contributed by atoms with Gasteiger partial charge in [0.1, 0.15) is 0 Å². The molecule has 0 heterocycles. The number of rotatable bonds is 3. The lowest BCUT2D eigenvalue weighted by atomic mass is 10.0. The quantitative estimate of drug-likeness (QED) is 0.720. The second kappa shape index (κ2) is 4.45. The molecule has 0 aromatic heterocycles. The molecule has 2 rings (SSSR count). The molecule has 3 heteroatoms. The third kappa shape index (κ3) is 2.36. The average molecular weight is 204 g/mol. The lowest BCUT2D eigenvalue weighted by molar-refractivity contribution is -0.121. The minimum atomic E-state index is 0.00967. The Labute approximate surface area is 89.8 Å². The monoisotopic (exact) mass is 204 g/mol. The van der Waals surface area contributed by atoms with Gasteiger partial charge >= 0.3 is 0 Å². The average Bonchev–Trinajstić information content (AvgIpc) is 2.65. The zero-order chi connectivity index (χ0) is 10.7. The van der Waals surface area contributed by atoms with Gasteiger partial charge in [0.15, 0.2) is 0 Å². The van der Waals surface area contributed by atoms with E-state index in [4.69, 9.17) is 0 Å². The van der Waals surface area contributed by atoms with Crippen LogP contribution in [0.3, 0.4) is 0 Å². The van der Waals surface area contributed by atoms with Crippen molar-refractivity contribution in [3.63, 3.8) is 0 Å². The number of hydrogen-bond donors (Lipinski definition) is 2. The lowest BCUT2D eigenvalue weighted by Crippen LogP contribution is -2.35. The number of fused-ring (bicyclic) bond motifs is 1. The summed E-state index contributed by atoms with van der Waals surface area (Å²) in [5.41, 5.74) is 9.19. The molecule has 0 saturated carbocycles. The standard InChI is InChI=1S/C12H16N2O/c1-13-14-12(15)8-9-5-6-10-3-2-4-11(10)7-9/h5-7,13H,2-4,8H2,1H3,(H,14,15). The predicted octanol–water partition coefficient (Wildman–Crippen LogP) is 0.968. The molecule has 0 spiro atoms. The highest BCUT2D eigenvalue weighted by Gasteiger charge is 2.11. The van der Waals surface area contributed by atoms with E-state index in [-0.39, 0.29) is 5.91 Å². The summed E-state index contributed by atoms with van der Waals surface area (Å²) in [5, 5.41) is 0. The number of hydrazine groups is 1. The van der Waals surface area contributed by atoms with E-state index in [1.807, 2.05) is 0 Å². The maximum Gasteiger partial charge on any atom is 0.238 e. The fraction of sp³-hybridized carbons (Fsp3) is 0.417. The van der Waals surface area contributed by atoms with Crippen molar-refractivity contribution >= 4 is 5.91 Å². The molecule has 0 unspecified atom stereocenters. The first-order valence-corrected chi connectivity index (χ1v) is 5.36. The Hall–Kier alpha value is -1.35. The second-order valence-electron chi connectivity index (χ2n) is 3.93. The van der Waals surface area contributed by atoms with Crippen molar-refractivity contribution in [2.75, 3.05) is 7.05 Å². The third-order valence-corrected chi connectivity index (χ3v) is 2.79. The Kier molecular flexibility index (Phi) is 3.02. The van der Waals surface area contributed by atoms with Crippen LogP contribution in [-0.4, -0.2) is 13.0 Å². The topological polar surface area (TPSA) is 41.1 Å². The van der Waals surface area contributed by atoms with E-state index < -0.39 is 0 Å². The molecule has 1 aliphatic carbocycles. The summed E-state index contributed by atoms with van der Waals surface area (Å²) < 4.78 is 0. The van der Waals surface area contributed by atoms with Crippen molar-refractivity contribution in [2.45, 2.75) is 25.7 Å². The van der Waals surface area contributed by atoms with E-state index in [9.17, 15) is 4.79 Å². The van der Waals surface area contributed by atoms with Gasteiger partial charge in [-0.1, -0.05) is 18.2 Å². The van der Waals surface area contributed by atoms with Crippen molar-refractivity contribution in [3.8, 4) is 0 Å². The molecular weight excluding hydrogens is 188 g/mol. The van der Waals surface area contributed by atoms with Gasteiger partial charge in [0.05, 0.1) is 6.42 Å². The van der Waals surface area contributed by atoms with Crippen molar-refractivity contribution in [3.05, 3.63) is 34.9 Å².